The van der Waals surface area contributed by atoms with Gasteiger partial charge >= 0.3 is 0 Å². The van der Waals surface area contributed by atoms with Crippen LogP contribution in [0.5, 0.6) is 0 Å². The number of fused-ring (bicyclic) bond motifs is 1. The summed E-state index contributed by atoms with van der Waals surface area (Å²) in [7, 11) is 0. The molecule has 156 valence electrons. The first-order valence-electron chi connectivity index (χ1n) is 10.6. The highest BCUT2D eigenvalue weighted by molar-refractivity contribution is 5.97. The van der Waals surface area contributed by atoms with Crippen molar-refractivity contribution in [3.63, 3.8) is 0 Å². The van der Waals surface area contributed by atoms with Crippen LogP contribution >= 0.6 is 0 Å². The summed E-state index contributed by atoms with van der Waals surface area (Å²) in [5.41, 5.74) is 2.14. The van der Waals surface area contributed by atoms with Gasteiger partial charge in [-0.25, -0.2) is 4.98 Å². The van der Waals surface area contributed by atoms with Gasteiger partial charge in [0.25, 0.3) is 5.91 Å². The van der Waals surface area contributed by atoms with E-state index in [2.05, 4.69) is 10.3 Å². The van der Waals surface area contributed by atoms with E-state index in [1.54, 1.807) is 12.3 Å². The fourth-order valence-corrected chi connectivity index (χ4v) is 4.04. The van der Waals surface area contributed by atoms with Crippen LogP contribution in [0.3, 0.4) is 0 Å². The van der Waals surface area contributed by atoms with Crippen LogP contribution in [0.2, 0.25) is 0 Å². The lowest BCUT2D eigenvalue weighted by molar-refractivity contribution is -0.122. The molecule has 1 N–H and O–H groups in total. The van der Waals surface area contributed by atoms with E-state index in [4.69, 9.17) is 8.83 Å². The van der Waals surface area contributed by atoms with Crippen molar-refractivity contribution < 1.29 is 18.4 Å². The molecule has 5 rings (SSSR count). The molecule has 1 aliphatic carbocycles. The van der Waals surface area contributed by atoms with E-state index in [0.29, 0.717) is 43.5 Å². The zero-order chi connectivity index (χ0) is 20.5. The van der Waals surface area contributed by atoms with Crippen LogP contribution in [0.1, 0.15) is 60.0 Å². The lowest BCUT2D eigenvalue weighted by Crippen LogP contribution is -2.39. The lowest BCUT2D eigenvalue weighted by Gasteiger charge is -2.31. The third-order valence-electron chi connectivity index (χ3n) is 5.99. The number of carbonyl (C=O) groups excluding carboxylic acids is 2. The SMILES string of the molecule is O=C(CC1CCN(C(=O)c2ccc3oc(C4CC4)nc3c2)CC1)NCc1ccco1. The Kier molecular flexibility index (Phi) is 5.02. The molecule has 7 heteroatoms. The second-order valence-electron chi connectivity index (χ2n) is 8.30. The van der Waals surface area contributed by atoms with Gasteiger partial charge in [-0.15, -0.1) is 0 Å². The average Bonchev–Trinajstić information content (AvgIpc) is 3.31. The van der Waals surface area contributed by atoms with Gasteiger partial charge in [-0.2, -0.15) is 0 Å². The van der Waals surface area contributed by atoms with E-state index in [1.807, 2.05) is 29.2 Å². The van der Waals surface area contributed by atoms with Crippen LogP contribution in [-0.2, 0) is 11.3 Å². The van der Waals surface area contributed by atoms with Gasteiger partial charge in [-0.1, -0.05) is 0 Å². The van der Waals surface area contributed by atoms with E-state index in [9.17, 15) is 9.59 Å². The van der Waals surface area contributed by atoms with Gasteiger partial charge < -0.3 is 19.1 Å². The van der Waals surface area contributed by atoms with Crippen molar-refractivity contribution in [3.05, 3.63) is 53.8 Å². The maximum absolute atomic E-state index is 12.9. The highest BCUT2D eigenvalue weighted by Crippen LogP contribution is 2.40. The van der Waals surface area contributed by atoms with E-state index < -0.39 is 0 Å². The van der Waals surface area contributed by atoms with Crippen molar-refractivity contribution in [1.82, 2.24) is 15.2 Å². The molecule has 2 aliphatic rings. The number of oxazole rings is 1. The molecule has 7 nitrogen and oxygen atoms in total. The minimum absolute atomic E-state index is 0.0218. The summed E-state index contributed by atoms with van der Waals surface area (Å²) in [6.45, 7) is 1.74. The summed E-state index contributed by atoms with van der Waals surface area (Å²) in [6.07, 6.45) is 6.01. The normalized spacial score (nSPS) is 17.4. The Morgan fingerprint density at radius 1 is 1.13 bits per heavy atom. The van der Waals surface area contributed by atoms with Crippen molar-refractivity contribution in [1.29, 1.82) is 0 Å². The monoisotopic (exact) mass is 407 g/mol. The summed E-state index contributed by atoms with van der Waals surface area (Å²) < 4.78 is 11.0. The molecule has 1 saturated heterocycles. The van der Waals surface area contributed by atoms with Gasteiger partial charge in [0.1, 0.15) is 11.3 Å². The van der Waals surface area contributed by atoms with Gasteiger partial charge in [0.05, 0.1) is 12.8 Å². The maximum atomic E-state index is 12.9. The third kappa shape index (κ3) is 4.10. The van der Waals surface area contributed by atoms with Crippen LogP contribution < -0.4 is 5.32 Å². The number of benzene rings is 1. The molecule has 1 aromatic carbocycles. The van der Waals surface area contributed by atoms with E-state index in [0.717, 1.165) is 48.4 Å². The minimum Gasteiger partial charge on any atom is -0.467 e. The van der Waals surface area contributed by atoms with E-state index in [-0.39, 0.29) is 11.8 Å². The summed E-state index contributed by atoms with van der Waals surface area (Å²) in [5.74, 6) is 2.34. The molecule has 1 saturated carbocycles. The number of hydrogen-bond acceptors (Lipinski definition) is 5. The van der Waals surface area contributed by atoms with Crippen molar-refractivity contribution in [3.8, 4) is 0 Å². The fourth-order valence-electron chi connectivity index (χ4n) is 4.04. The Bertz CT molecular complexity index is 1040. The molecule has 0 atom stereocenters. The summed E-state index contributed by atoms with van der Waals surface area (Å²) in [5, 5.41) is 2.89. The first-order valence-corrected chi connectivity index (χ1v) is 10.6. The van der Waals surface area contributed by atoms with Crippen LogP contribution in [0.15, 0.2) is 45.4 Å². The molecule has 0 radical (unpaired) electrons. The second-order valence-corrected chi connectivity index (χ2v) is 8.30. The largest absolute Gasteiger partial charge is 0.467 e. The number of likely N-dealkylation sites (tertiary alicyclic amines) is 1. The Labute approximate surface area is 174 Å². The quantitative estimate of drug-likeness (QED) is 0.670. The maximum Gasteiger partial charge on any atom is 0.253 e. The number of nitrogens with one attached hydrogen (secondary N) is 1. The van der Waals surface area contributed by atoms with Gasteiger partial charge in [-0.05, 0) is 61.9 Å². The van der Waals surface area contributed by atoms with Crippen LogP contribution in [-0.4, -0.2) is 34.8 Å². The summed E-state index contributed by atoms with van der Waals surface area (Å²) >= 11 is 0. The van der Waals surface area contributed by atoms with Gasteiger partial charge in [0.15, 0.2) is 11.5 Å². The highest BCUT2D eigenvalue weighted by atomic mass is 16.3. The number of furan rings is 1. The van der Waals surface area contributed by atoms with Crippen molar-refractivity contribution in [2.45, 2.75) is 44.6 Å². The molecule has 2 fully saturated rings. The Morgan fingerprint density at radius 2 is 1.97 bits per heavy atom. The first-order chi connectivity index (χ1) is 14.7. The molecule has 0 bridgehead atoms. The number of rotatable bonds is 6. The zero-order valence-corrected chi connectivity index (χ0v) is 16.8. The molecule has 3 aromatic rings. The predicted molar refractivity (Wildman–Crippen MR) is 110 cm³/mol. The fraction of sp³-hybridized carbons (Fsp3) is 0.435. The Morgan fingerprint density at radius 3 is 2.70 bits per heavy atom. The molecule has 2 amide bonds. The smallest absolute Gasteiger partial charge is 0.253 e. The Balaban J connectivity index is 1.13. The average molecular weight is 407 g/mol. The van der Waals surface area contributed by atoms with Gasteiger partial charge in [0, 0.05) is 31.0 Å². The topological polar surface area (TPSA) is 88.6 Å². The molecular weight excluding hydrogens is 382 g/mol. The summed E-state index contributed by atoms with van der Waals surface area (Å²) in [4.78, 5) is 31.5. The molecule has 1 aliphatic heterocycles. The molecular formula is C23H25N3O4. The van der Waals surface area contributed by atoms with Crippen LogP contribution in [0, 0.1) is 5.92 Å². The first kappa shape index (κ1) is 18.9. The number of nitrogens with zero attached hydrogens (tertiary/aromatic N) is 2. The number of amides is 2. The number of aromatic nitrogens is 1. The van der Waals surface area contributed by atoms with E-state index >= 15 is 0 Å². The standard InChI is InChI=1S/C23H25N3O4/c27-21(24-14-18-2-1-11-29-18)12-15-7-9-26(10-8-15)23(28)17-5-6-20-19(13-17)25-22(30-20)16-3-4-16/h1-2,5-6,11,13,15-16H,3-4,7-10,12,14H2,(H,24,27). The van der Waals surface area contributed by atoms with Crippen molar-refractivity contribution in [2.75, 3.05) is 13.1 Å². The molecule has 3 heterocycles. The van der Waals surface area contributed by atoms with Gasteiger partial charge in [-0.3, -0.25) is 9.59 Å². The Hall–Kier alpha value is -3.09. The minimum atomic E-state index is 0.0218. The lowest BCUT2D eigenvalue weighted by atomic mass is 9.93. The van der Waals surface area contributed by atoms with Crippen LogP contribution in [0.4, 0.5) is 0 Å². The van der Waals surface area contributed by atoms with Gasteiger partial charge in [0.2, 0.25) is 5.91 Å². The number of carbonyl (C=O) groups is 2. The highest BCUT2D eigenvalue weighted by Gasteiger charge is 2.29. The molecule has 0 unspecified atom stereocenters. The predicted octanol–water partition coefficient (Wildman–Crippen LogP) is 3.86. The van der Waals surface area contributed by atoms with Crippen molar-refractivity contribution in [2.24, 2.45) is 5.92 Å². The van der Waals surface area contributed by atoms with E-state index in [1.165, 1.54) is 0 Å². The second kappa shape index (κ2) is 7.97. The third-order valence-corrected chi connectivity index (χ3v) is 5.99. The molecule has 30 heavy (non-hydrogen) atoms. The molecule has 0 spiro atoms. The summed E-state index contributed by atoms with van der Waals surface area (Å²) in [6, 6.07) is 9.15. The number of hydrogen-bond donors (Lipinski definition) is 1. The zero-order valence-electron chi connectivity index (χ0n) is 16.8. The molecule has 2 aromatic heterocycles. The van der Waals surface area contributed by atoms with Crippen molar-refractivity contribution >= 4 is 22.9 Å². The number of piperidine rings is 1. The van der Waals surface area contributed by atoms with Crippen LogP contribution in [0.25, 0.3) is 11.1 Å².